The Hall–Kier alpha value is -4.92. The highest BCUT2D eigenvalue weighted by molar-refractivity contribution is 6.00. The quantitative estimate of drug-likeness (QED) is 0.264. The van der Waals surface area contributed by atoms with Crippen LogP contribution in [0.3, 0.4) is 0 Å². The van der Waals surface area contributed by atoms with Crippen LogP contribution in [0.15, 0.2) is 83.9 Å². The molecule has 9 heteroatoms. The van der Waals surface area contributed by atoms with Crippen LogP contribution >= 0.6 is 0 Å². The van der Waals surface area contributed by atoms with Crippen molar-refractivity contribution in [3.63, 3.8) is 0 Å². The molecule has 0 atom stereocenters. The summed E-state index contributed by atoms with van der Waals surface area (Å²) in [5.41, 5.74) is 7.72. The van der Waals surface area contributed by atoms with Gasteiger partial charge in [-0.15, -0.1) is 0 Å². The number of aromatic nitrogens is 2. The number of rotatable bonds is 7. The van der Waals surface area contributed by atoms with Gasteiger partial charge >= 0.3 is 0 Å². The number of nitrogens with one attached hydrogen (secondary N) is 1. The number of nitrogens with two attached hydrogens (primary N) is 1. The van der Waals surface area contributed by atoms with E-state index < -0.39 is 0 Å². The molecule has 0 aliphatic carbocycles. The molecule has 5 rings (SSSR count). The zero-order valence-corrected chi connectivity index (χ0v) is 19.5. The highest BCUT2D eigenvalue weighted by atomic mass is 16.5. The van der Waals surface area contributed by atoms with Gasteiger partial charge in [0, 0.05) is 30.3 Å². The number of aliphatic imine (C=N–C) groups is 1. The van der Waals surface area contributed by atoms with Crippen molar-refractivity contribution in [2.75, 3.05) is 20.1 Å². The number of phenolic OH excluding ortho intramolecular Hbond substituents is 1. The number of hydrogen-bond donors (Lipinski definition) is 3. The van der Waals surface area contributed by atoms with Crippen LogP contribution in [0.2, 0.25) is 0 Å². The molecule has 0 amide bonds. The molecule has 4 aromatic rings. The highest BCUT2D eigenvalue weighted by Gasteiger charge is 2.16. The Labute approximate surface area is 208 Å². The zero-order chi connectivity index (χ0) is 25.1. The van der Waals surface area contributed by atoms with Crippen molar-refractivity contribution in [1.82, 2.24) is 14.9 Å². The molecule has 0 bridgehead atoms. The van der Waals surface area contributed by atoms with Crippen molar-refractivity contribution in [1.29, 1.82) is 5.41 Å². The Kier molecular flexibility index (Phi) is 6.19. The van der Waals surface area contributed by atoms with Crippen LogP contribution in [0.25, 0.3) is 11.4 Å². The van der Waals surface area contributed by atoms with E-state index >= 15 is 0 Å². The predicted molar refractivity (Wildman–Crippen MR) is 137 cm³/mol. The minimum absolute atomic E-state index is 0.107. The summed E-state index contributed by atoms with van der Waals surface area (Å²) in [7, 11) is 2.01. The molecule has 36 heavy (non-hydrogen) atoms. The summed E-state index contributed by atoms with van der Waals surface area (Å²) in [4.78, 5) is 15.8. The van der Waals surface area contributed by atoms with Gasteiger partial charge in [-0.1, -0.05) is 42.5 Å². The smallest absolute Gasteiger partial charge is 0.226 e. The largest absolute Gasteiger partial charge is 0.504 e. The van der Waals surface area contributed by atoms with Crippen molar-refractivity contribution in [3.05, 3.63) is 90.0 Å². The van der Waals surface area contributed by atoms with E-state index in [-0.39, 0.29) is 29.1 Å². The first kappa shape index (κ1) is 22.9. The molecule has 0 spiro atoms. The fraction of sp³-hybridized carbons (Fsp3) is 0.111. The van der Waals surface area contributed by atoms with Gasteiger partial charge in [-0.2, -0.15) is 9.97 Å². The predicted octanol–water partition coefficient (Wildman–Crippen LogP) is 4.41. The zero-order valence-electron chi connectivity index (χ0n) is 19.5. The summed E-state index contributed by atoms with van der Waals surface area (Å²) in [6.07, 6.45) is 0. The number of nitrogens with zero attached hydrogens (tertiary/aromatic N) is 4. The fourth-order valence-electron chi connectivity index (χ4n) is 3.76. The van der Waals surface area contributed by atoms with Crippen molar-refractivity contribution >= 4 is 11.7 Å². The number of benzene rings is 3. The molecule has 2 heterocycles. The van der Waals surface area contributed by atoms with E-state index in [0.717, 1.165) is 30.1 Å². The molecule has 0 saturated carbocycles. The van der Waals surface area contributed by atoms with Gasteiger partial charge in [-0.3, -0.25) is 10.4 Å². The van der Waals surface area contributed by atoms with Gasteiger partial charge in [-0.25, -0.2) is 0 Å². The lowest BCUT2D eigenvalue weighted by Crippen LogP contribution is -2.23. The molecular formula is C27H24N6O3. The molecule has 0 radical (unpaired) electrons. The summed E-state index contributed by atoms with van der Waals surface area (Å²) in [6.45, 7) is 1.65. The molecule has 0 unspecified atom stereocenters. The van der Waals surface area contributed by atoms with E-state index in [0.29, 0.717) is 17.1 Å². The third-order valence-electron chi connectivity index (χ3n) is 5.57. The van der Waals surface area contributed by atoms with Crippen LogP contribution in [-0.2, 0) is 0 Å². The summed E-state index contributed by atoms with van der Waals surface area (Å²) in [6, 6.07) is 23.0. The van der Waals surface area contributed by atoms with E-state index in [4.69, 9.17) is 20.6 Å². The highest BCUT2D eigenvalue weighted by Crippen LogP contribution is 2.34. The molecular weight excluding hydrogens is 456 g/mol. The maximum absolute atomic E-state index is 10.3. The Bertz CT molecular complexity index is 1460. The normalized spacial score (nSPS) is 12.8. The first-order chi connectivity index (χ1) is 17.5. The summed E-state index contributed by atoms with van der Waals surface area (Å²) < 4.78 is 12.0. The summed E-state index contributed by atoms with van der Waals surface area (Å²) >= 11 is 0. The van der Waals surface area contributed by atoms with Gasteiger partial charge in [0.15, 0.2) is 17.3 Å². The molecule has 1 aliphatic rings. The van der Waals surface area contributed by atoms with Crippen molar-refractivity contribution in [3.8, 4) is 40.4 Å². The number of aromatic hydroxyl groups is 1. The average Bonchev–Trinajstić information content (AvgIpc) is 3.31. The number of phenols is 1. The lowest BCUT2D eigenvalue weighted by molar-refractivity contribution is 0.397. The van der Waals surface area contributed by atoms with Gasteiger partial charge in [0.25, 0.3) is 0 Å². The third kappa shape index (κ3) is 4.95. The Morgan fingerprint density at radius 3 is 2.39 bits per heavy atom. The summed E-state index contributed by atoms with van der Waals surface area (Å²) in [5.74, 6) is 2.16. The molecule has 1 aromatic heterocycles. The molecule has 4 N–H and O–H groups in total. The number of nitrogen functional groups attached to an aromatic ring is 1. The maximum atomic E-state index is 10.3. The Balaban J connectivity index is 1.51. The molecule has 180 valence electrons. The van der Waals surface area contributed by atoms with Crippen LogP contribution in [0, 0.1) is 5.41 Å². The van der Waals surface area contributed by atoms with E-state index in [9.17, 15) is 5.11 Å². The van der Waals surface area contributed by atoms with Gasteiger partial charge in [0.2, 0.25) is 11.8 Å². The van der Waals surface area contributed by atoms with Gasteiger partial charge in [-0.05, 0) is 30.3 Å². The van der Waals surface area contributed by atoms with Crippen molar-refractivity contribution < 1.29 is 14.6 Å². The lowest BCUT2D eigenvalue weighted by Gasteiger charge is -2.15. The topological polar surface area (TPSA) is 130 Å². The minimum atomic E-state index is -0.145. The van der Waals surface area contributed by atoms with Crippen LogP contribution in [0.4, 0.5) is 0 Å². The van der Waals surface area contributed by atoms with Gasteiger partial charge in [0.05, 0.1) is 12.6 Å². The number of hydrogen-bond acceptors (Lipinski definition) is 8. The first-order valence-corrected chi connectivity index (χ1v) is 11.3. The van der Waals surface area contributed by atoms with E-state index in [1.54, 1.807) is 0 Å². The number of likely N-dealkylation sites (N-methyl/N-ethyl adjacent to an activating group) is 1. The Morgan fingerprint density at radius 1 is 0.917 bits per heavy atom. The SMILES string of the molecule is CN1CCN=C1c1cccc(Oc2cc(Oc3cc(C(=N)N)ccc3O)nc(-c3ccccc3)n2)c1. The van der Waals surface area contributed by atoms with Crippen molar-refractivity contribution in [2.24, 2.45) is 10.7 Å². The van der Waals surface area contributed by atoms with Crippen LogP contribution < -0.4 is 15.2 Å². The maximum Gasteiger partial charge on any atom is 0.226 e. The van der Waals surface area contributed by atoms with Crippen LogP contribution in [0.1, 0.15) is 11.1 Å². The number of amidine groups is 2. The minimum Gasteiger partial charge on any atom is -0.504 e. The van der Waals surface area contributed by atoms with E-state index in [2.05, 4.69) is 19.9 Å². The lowest BCUT2D eigenvalue weighted by atomic mass is 10.2. The monoisotopic (exact) mass is 480 g/mol. The van der Waals surface area contributed by atoms with E-state index in [1.165, 1.54) is 24.3 Å². The summed E-state index contributed by atoms with van der Waals surface area (Å²) in [5, 5.41) is 18.0. The second-order valence-corrected chi connectivity index (χ2v) is 8.19. The molecule has 0 fully saturated rings. The van der Waals surface area contributed by atoms with Crippen molar-refractivity contribution in [2.45, 2.75) is 0 Å². The Morgan fingerprint density at radius 2 is 1.67 bits per heavy atom. The number of ether oxygens (including phenoxy) is 2. The third-order valence-corrected chi connectivity index (χ3v) is 5.57. The standard InChI is InChI=1S/C27H24N6O3/c1-33-13-12-30-27(33)19-8-5-9-20(14-19)35-23-16-24(32-26(31-23)17-6-3-2-4-7-17)36-22-15-18(25(28)29)10-11-21(22)34/h2-11,14-16,34H,12-13H2,1H3,(H3,28,29). The van der Waals surface area contributed by atoms with Crippen LogP contribution in [-0.4, -0.2) is 51.8 Å². The molecule has 3 aromatic carbocycles. The second kappa shape index (κ2) is 9.75. The van der Waals surface area contributed by atoms with Crippen LogP contribution in [0.5, 0.6) is 29.0 Å². The first-order valence-electron chi connectivity index (χ1n) is 11.3. The molecule has 9 nitrogen and oxygen atoms in total. The fourth-order valence-corrected chi connectivity index (χ4v) is 3.76. The van der Waals surface area contributed by atoms with Gasteiger partial charge < -0.3 is 25.2 Å². The second-order valence-electron chi connectivity index (χ2n) is 8.19. The average molecular weight is 481 g/mol. The van der Waals surface area contributed by atoms with Gasteiger partial charge in [0.1, 0.15) is 17.4 Å². The van der Waals surface area contributed by atoms with E-state index in [1.807, 2.05) is 61.6 Å². The molecule has 1 aliphatic heterocycles. The molecule has 0 saturated heterocycles.